The van der Waals surface area contributed by atoms with E-state index >= 15 is 0 Å². The summed E-state index contributed by atoms with van der Waals surface area (Å²) in [5.41, 5.74) is 4.85. The van der Waals surface area contributed by atoms with E-state index in [2.05, 4.69) is 26.1 Å². The molecule has 0 heterocycles. The van der Waals surface area contributed by atoms with Crippen molar-refractivity contribution in [3.63, 3.8) is 0 Å². The van der Waals surface area contributed by atoms with Gasteiger partial charge in [0.15, 0.2) is 0 Å². The minimum atomic E-state index is -0.560. The van der Waals surface area contributed by atoms with E-state index < -0.39 is 5.54 Å². The van der Waals surface area contributed by atoms with Gasteiger partial charge in [-0.05, 0) is 31.6 Å². The first-order chi connectivity index (χ1) is 6.92. The van der Waals surface area contributed by atoms with E-state index in [-0.39, 0.29) is 5.91 Å². The summed E-state index contributed by atoms with van der Waals surface area (Å²) >= 11 is 1.78. The van der Waals surface area contributed by atoms with Crippen LogP contribution in [0.15, 0.2) is 0 Å². The highest BCUT2D eigenvalue weighted by Gasteiger charge is 2.29. The second-order valence-electron chi connectivity index (χ2n) is 4.53. The molecule has 0 aliphatic carbocycles. The Morgan fingerprint density at radius 3 is 2.53 bits per heavy atom. The maximum Gasteiger partial charge on any atom is 0.238 e. The molecule has 0 saturated carbocycles. The Bertz CT molecular complexity index is 197. The van der Waals surface area contributed by atoms with Crippen LogP contribution in [0, 0.1) is 5.92 Å². The Morgan fingerprint density at radius 1 is 1.53 bits per heavy atom. The fourth-order valence-corrected chi connectivity index (χ4v) is 2.35. The summed E-state index contributed by atoms with van der Waals surface area (Å²) in [5.74, 6) is 2.21. The zero-order valence-corrected chi connectivity index (χ0v) is 11.1. The minimum Gasteiger partial charge on any atom is -0.368 e. The van der Waals surface area contributed by atoms with Crippen molar-refractivity contribution < 1.29 is 4.79 Å². The van der Waals surface area contributed by atoms with Crippen LogP contribution >= 0.6 is 11.8 Å². The van der Waals surface area contributed by atoms with Crippen LogP contribution in [0.3, 0.4) is 0 Å². The van der Waals surface area contributed by atoms with Crippen LogP contribution in [0.25, 0.3) is 0 Å². The lowest BCUT2D eigenvalue weighted by molar-refractivity contribution is -0.122. The monoisotopic (exact) mass is 232 g/mol. The molecule has 0 radical (unpaired) electrons. The summed E-state index contributed by atoms with van der Waals surface area (Å²) in [6, 6.07) is 0. The van der Waals surface area contributed by atoms with Gasteiger partial charge in [0.2, 0.25) is 5.91 Å². The van der Waals surface area contributed by atoms with Crippen molar-refractivity contribution >= 4 is 17.7 Å². The Hall–Kier alpha value is -0.220. The summed E-state index contributed by atoms with van der Waals surface area (Å²) in [5, 5.41) is 3.22. The number of nitrogens with two attached hydrogens (primary N) is 1. The molecule has 0 fully saturated rings. The maximum absolute atomic E-state index is 11.3. The van der Waals surface area contributed by atoms with E-state index in [9.17, 15) is 4.79 Å². The zero-order chi connectivity index (χ0) is 11.9. The minimum absolute atomic E-state index is 0.257. The van der Waals surface area contributed by atoms with Gasteiger partial charge < -0.3 is 11.1 Å². The predicted octanol–water partition coefficient (Wildman–Crippen LogP) is 1.62. The molecule has 0 aliphatic rings. The molecule has 0 bridgehead atoms. The number of nitrogens with one attached hydrogen (secondary N) is 1. The van der Waals surface area contributed by atoms with Crippen LogP contribution in [0.1, 0.15) is 34.1 Å². The third-order valence-corrected chi connectivity index (χ3v) is 3.83. The number of hydrogen-bond donors (Lipinski definition) is 2. The first kappa shape index (κ1) is 14.8. The van der Waals surface area contributed by atoms with Crippen molar-refractivity contribution in [1.29, 1.82) is 0 Å². The topological polar surface area (TPSA) is 55.1 Å². The Morgan fingerprint density at radius 2 is 2.13 bits per heavy atom. The van der Waals surface area contributed by atoms with E-state index in [1.54, 1.807) is 11.8 Å². The van der Waals surface area contributed by atoms with Gasteiger partial charge in [-0.1, -0.05) is 20.8 Å². The number of primary amides is 1. The summed E-state index contributed by atoms with van der Waals surface area (Å²) in [6.07, 6.45) is 1.01. The molecular formula is C11H24N2OS. The van der Waals surface area contributed by atoms with E-state index in [4.69, 9.17) is 5.73 Å². The van der Waals surface area contributed by atoms with Gasteiger partial charge in [0, 0.05) is 5.75 Å². The van der Waals surface area contributed by atoms with Gasteiger partial charge in [-0.2, -0.15) is 11.8 Å². The van der Waals surface area contributed by atoms with Crippen molar-refractivity contribution in [2.24, 2.45) is 11.7 Å². The third-order valence-electron chi connectivity index (χ3n) is 2.15. The Labute approximate surface area is 97.6 Å². The van der Waals surface area contributed by atoms with Crippen LogP contribution in [0.4, 0.5) is 0 Å². The highest BCUT2D eigenvalue weighted by molar-refractivity contribution is 7.99. The molecule has 3 N–H and O–H groups in total. The van der Waals surface area contributed by atoms with Gasteiger partial charge in [-0.15, -0.1) is 0 Å². The Balaban J connectivity index is 4.07. The summed E-state index contributed by atoms with van der Waals surface area (Å²) in [6.45, 7) is 9.15. The van der Waals surface area contributed by atoms with Crippen molar-refractivity contribution in [2.45, 2.75) is 39.7 Å². The van der Waals surface area contributed by atoms with Gasteiger partial charge >= 0.3 is 0 Å². The van der Waals surface area contributed by atoms with Crippen LogP contribution in [-0.4, -0.2) is 29.5 Å². The van der Waals surface area contributed by atoms with Gasteiger partial charge in [0.05, 0.1) is 0 Å². The quantitative estimate of drug-likeness (QED) is 0.668. The average molecular weight is 232 g/mol. The number of rotatable bonds is 8. The van der Waals surface area contributed by atoms with Crippen molar-refractivity contribution in [3.8, 4) is 0 Å². The molecule has 0 spiro atoms. The van der Waals surface area contributed by atoms with Crippen LogP contribution in [-0.2, 0) is 4.79 Å². The van der Waals surface area contributed by atoms with Crippen molar-refractivity contribution in [1.82, 2.24) is 5.32 Å². The normalized spacial score (nSPS) is 15.3. The molecule has 0 rings (SSSR count). The van der Waals surface area contributed by atoms with Crippen molar-refractivity contribution in [3.05, 3.63) is 0 Å². The molecule has 1 unspecified atom stereocenters. The largest absolute Gasteiger partial charge is 0.368 e. The number of carbonyl (C=O) groups excluding carboxylic acids is 1. The van der Waals surface area contributed by atoms with Gasteiger partial charge in [0.1, 0.15) is 5.54 Å². The molecule has 4 heteroatoms. The molecule has 1 atom stereocenters. The molecule has 0 saturated heterocycles. The highest BCUT2D eigenvalue weighted by atomic mass is 32.2. The molecule has 1 amide bonds. The lowest BCUT2D eigenvalue weighted by Gasteiger charge is -2.27. The maximum atomic E-state index is 11.3. The van der Waals surface area contributed by atoms with Crippen molar-refractivity contribution in [2.75, 3.05) is 18.1 Å². The number of hydrogen-bond acceptors (Lipinski definition) is 3. The van der Waals surface area contributed by atoms with E-state index in [1.165, 1.54) is 0 Å². The molecule has 0 aromatic heterocycles. The second kappa shape index (κ2) is 7.12. The summed E-state index contributed by atoms with van der Waals surface area (Å²) in [4.78, 5) is 11.3. The first-order valence-corrected chi connectivity index (χ1v) is 6.70. The molecule has 15 heavy (non-hydrogen) atoms. The van der Waals surface area contributed by atoms with E-state index in [1.807, 2.05) is 6.92 Å². The summed E-state index contributed by atoms with van der Waals surface area (Å²) < 4.78 is 0. The third kappa shape index (κ3) is 6.05. The lowest BCUT2D eigenvalue weighted by Crippen LogP contribution is -2.55. The molecule has 90 valence electrons. The zero-order valence-electron chi connectivity index (χ0n) is 10.3. The summed E-state index contributed by atoms with van der Waals surface area (Å²) in [7, 11) is 0. The molecule has 0 aromatic rings. The second-order valence-corrected chi connectivity index (χ2v) is 5.56. The van der Waals surface area contributed by atoms with Gasteiger partial charge in [-0.25, -0.2) is 0 Å². The van der Waals surface area contributed by atoms with E-state index in [0.29, 0.717) is 5.92 Å². The first-order valence-electron chi connectivity index (χ1n) is 5.55. The SMILES string of the molecule is CCCNC(C)(CSCC(C)C)C(N)=O. The van der Waals surface area contributed by atoms with Crippen LogP contribution in [0.2, 0.25) is 0 Å². The Kier molecular flexibility index (Phi) is 7.02. The smallest absolute Gasteiger partial charge is 0.238 e. The number of amides is 1. The van der Waals surface area contributed by atoms with Gasteiger partial charge in [0.25, 0.3) is 0 Å². The van der Waals surface area contributed by atoms with Gasteiger partial charge in [-0.3, -0.25) is 4.79 Å². The molecule has 0 aliphatic heterocycles. The van der Waals surface area contributed by atoms with Crippen LogP contribution in [0.5, 0.6) is 0 Å². The number of thioether (sulfide) groups is 1. The predicted molar refractivity (Wildman–Crippen MR) is 68.1 cm³/mol. The highest BCUT2D eigenvalue weighted by Crippen LogP contribution is 2.15. The molecule has 3 nitrogen and oxygen atoms in total. The van der Waals surface area contributed by atoms with E-state index in [0.717, 1.165) is 24.5 Å². The fourth-order valence-electron chi connectivity index (χ4n) is 1.11. The molecule has 0 aromatic carbocycles. The lowest BCUT2D eigenvalue weighted by atomic mass is 10.0. The number of carbonyl (C=O) groups is 1. The molecular weight excluding hydrogens is 208 g/mol. The van der Waals surface area contributed by atoms with Crippen LogP contribution < -0.4 is 11.1 Å². The fraction of sp³-hybridized carbons (Fsp3) is 0.909. The average Bonchev–Trinajstić information content (AvgIpc) is 2.14. The standard InChI is InChI=1S/C11H24N2OS/c1-5-6-13-11(4,10(12)14)8-15-7-9(2)3/h9,13H,5-8H2,1-4H3,(H2,12,14).